The van der Waals surface area contributed by atoms with Crippen molar-refractivity contribution in [1.82, 2.24) is 5.32 Å². The van der Waals surface area contributed by atoms with Crippen molar-refractivity contribution in [2.45, 2.75) is 50.4 Å². The maximum atomic E-state index is 13.3. The van der Waals surface area contributed by atoms with E-state index in [0.29, 0.717) is 25.7 Å². The van der Waals surface area contributed by atoms with Gasteiger partial charge in [0.25, 0.3) is 0 Å². The molecular formula is C15H19F4NO. The number of halogens is 4. The topological polar surface area (TPSA) is 32.3 Å². The Hall–Kier alpha value is -1.14. The van der Waals surface area contributed by atoms with Gasteiger partial charge in [0, 0.05) is 6.04 Å². The van der Waals surface area contributed by atoms with E-state index in [1.807, 2.05) is 6.92 Å². The number of hydrogen-bond donors (Lipinski definition) is 2. The summed E-state index contributed by atoms with van der Waals surface area (Å²) in [6.07, 6.45) is -2.65. The summed E-state index contributed by atoms with van der Waals surface area (Å²) in [4.78, 5) is 0. The van der Waals surface area contributed by atoms with Crippen LogP contribution in [0.1, 0.15) is 43.7 Å². The molecule has 1 aromatic rings. The predicted octanol–water partition coefficient (Wildman–Crippen LogP) is 3.58. The minimum atomic E-state index is -4.75. The molecule has 6 heteroatoms. The lowest BCUT2D eigenvalue weighted by Crippen LogP contribution is -2.39. The summed E-state index contributed by atoms with van der Waals surface area (Å²) in [6.45, 7) is 2.80. The van der Waals surface area contributed by atoms with Gasteiger partial charge in [-0.15, -0.1) is 0 Å². The Labute approximate surface area is 121 Å². The quantitative estimate of drug-likeness (QED) is 0.837. The SMILES string of the molecule is CCNC1CCC(O)(c2ccc(F)c(C(F)(F)F)c2)CC1. The van der Waals surface area contributed by atoms with Gasteiger partial charge >= 0.3 is 6.18 Å². The maximum absolute atomic E-state index is 13.3. The molecule has 0 unspecified atom stereocenters. The van der Waals surface area contributed by atoms with Crippen LogP contribution >= 0.6 is 0 Å². The largest absolute Gasteiger partial charge is 0.419 e. The summed E-state index contributed by atoms with van der Waals surface area (Å²) in [5.74, 6) is -1.31. The van der Waals surface area contributed by atoms with Gasteiger partial charge in [0.2, 0.25) is 0 Å². The smallest absolute Gasteiger partial charge is 0.385 e. The molecular weight excluding hydrogens is 286 g/mol. The number of aliphatic hydroxyl groups is 1. The van der Waals surface area contributed by atoms with Crippen molar-refractivity contribution >= 4 is 0 Å². The predicted molar refractivity (Wildman–Crippen MR) is 71.2 cm³/mol. The van der Waals surface area contributed by atoms with Crippen LogP contribution in [-0.4, -0.2) is 17.7 Å². The Morgan fingerprint density at radius 3 is 2.43 bits per heavy atom. The molecule has 0 aliphatic heterocycles. The van der Waals surface area contributed by atoms with Crippen molar-refractivity contribution in [2.24, 2.45) is 0 Å². The van der Waals surface area contributed by atoms with Crippen molar-refractivity contribution in [2.75, 3.05) is 6.54 Å². The molecule has 0 radical (unpaired) electrons. The molecule has 0 atom stereocenters. The number of nitrogens with one attached hydrogen (secondary N) is 1. The molecule has 0 amide bonds. The fourth-order valence-corrected chi connectivity index (χ4v) is 2.91. The average Bonchev–Trinajstić information content (AvgIpc) is 2.41. The highest BCUT2D eigenvalue weighted by molar-refractivity contribution is 5.31. The first-order chi connectivity index (χ1) is 9.76. The Bertz CT molecular complexity index is 493. The maximum Gasteiger partial charge on any atom is 0.419 e. The van der Waals surface area contributed by atoms with E-state index in [-0.39, 0.29) is 11.6 Å². The molecule has 2 rings (SSSR count). The average molecular weight is 305 g/mol. The summed E-state index contributed by atoms with van der Waals surface area (Å²) in [7, 11) is 0. The van der Waals surface area contributed by atoms with Crippen LogP contribution in [0.4, 0.5) is 17.6 Å². The zero-order chi connectivity index (χ0) is 15.7. The number of hydrogen-bond acceptors (Lipinski definition) is 2. The number of rotatable bonds is 3. The second kappa shape index (κ2) is 5.93. The van der Waals surface area contributed by atoms with E-state index in [2.05, 4.69) is 5.32 Å². The first-order valence-electron chi connectivity index (χ1n) is 7.09. The Balaban J connectivity index is 2.22. The van der Waals surface area contributed by atoms with E-state index in [4.69, 9.17) is 0 Å². The molecule has 2 nitrogen and oxygen atoms in total. The Morgan fingerprint density at radius 2 is 1.90 bits per heavy atom. The summed E-state index contributed by atoms with van der Waals surface area (Å²) in [6, 6.07) is 3.05. The fraction of sp³-hybridized carbons (Fsp3) is 0.600. The molecule has 0 saturated heterocycles. The molecule has 0 heterocycles. The minimum absolute atomic E-state index is 0.145. The third kappa shape index (κ3) is 3.55. The molecule has 21 heavy (non-hydrogen) atoms. The van der Waals surface area contributed by atoms with Crippen LogP contribution in [0, 0.1) is 5.82 Å². The van der Waals surface area contributed by atoms with E-state index in [1.165, 1.54) is 6.07 Å². The van der Waals surface area contributed by atoms with Crippen molar-refractivity contribution < 1.29 is 22.7 Å². The number of alkyl halides is 3. The summed E-state index contributed by atoms with van der Waals surface area (Å²) >= 11 is 0. The second-order valence-electron chi connectivity index (χ2n) is 5.56. The molecule has 118 valence electrons. The molecule has 1 saturated carbocycles. The van der Waals surface area contributed by atoms with Gasteiger partial charge in [0.05, 0.1) is 11.2 Å². The van der Waals surface area contributed by atoms with E-state index < -0.39 is 23.2 Å². The van der Waals surface area contributed by atoms with Crippen LogP contribution in [-0.2, 0) is 11.8 Å². The van der Waals surface area contributed by atoms with E-state index in [1.54, 1.807) is 0 Å². The molecule has 0 spiro atoms. The summed E-state index contributed by atoms with van der Waals surface area (Å²) in [5, 5.41) is 13.9. The third-order valence-corrected chi connectivity index (χ3v) is 4.11. The van der Waals surface area contributed by atoms with Crippen LogP contribution in [0.15, 0.2) is 18.2 Å². The summed E-state index contributed by atoms with van der Waals surface area (Å²) in [5.41, 5.74) is -2.48. The zero-order valence-electron chi connectivity index (χ0n) is 11.8. The van der Waals surface area contributed by atoms with Crippen LogP contribution in [0.25, 0.3) is 0 Å². The minimum Gasteiger partial charge on any atom is -0.385 e. The Morgan fingerprint density at radius 1 is 1.29 bits per heavy atom. The Kier molecular flexibility index (Phi) is 4.58. The van der Waals surface area contributed by atoms with E-state index in [9.17, 15) is 22.7 Å². The zero-order valence-corrected chi connectivity index (χ0v) is 11.8. The lowest BCUT2D eigenvalue weighted by Gasteiger charge is -2.37. The van der Waals surface area contributed by atoms with Gasteiger partial charge in [0.15, 0.2) is 0 Å². The van der Waals surface area contributed by atoms with Gasteiger partial charge < -0.3 is 10.4 Å². The van der Waals surface area contributed by atoms with Crippen LogP contribution in [0.2, 0.25) is 0 Å². The first kappa shape index (κ1) is 16.2. The van der Waals surface area contributed by atoms with Crippen LogP contribution in [0.3, 0.4) is 0 Å². The van der Waals surface area contributed by atoms with E-state index >= 15 is 0 Å². The van der Waals surface area contributed by atoms with Crippen molar-refractivity contribution in [3.05, 3.63) is 35.1 Å². The number of benzene rings is 1. The fourth-order valence-electron chi connectivity index (χ4n) is 2.91. The lowest BCUT2D eigenvalue weighted by molar-refractivity contribution is -0.140. The van der Waals surface area contributed by atoms with Gasteiger partial charge in [0.1, 0.15) is 5.82 Å². The lowest BCUT2D eigenvalue weighted by atomic mass is 9.77. The highest BCUT2D eigenvalue weighted by atomic mass is 19.4. The second-order valence-corrected chi connectivity index (χ2v) is 5.56. The molecule has 2 N–H and O–H groups in total. The standard InChI is InChI=1S/C15H19F4NO/c1-2-20-11-5-7-14(21,8-6-11)10-3-4-13(16)12(9-10)15(17,18)19/h3-4,9,11,20-21H,2,5-8H2,1H3. The third-order valence-electron chi connectivity index (χ3n) is 4.11. The first-order valence-corrected chi connectivity index (χ1v) is 7.09. The molecule has 0 bridgehead atoms. The highest BCUT2D eigenvalue weighted by Gasteiger charge is 2.39. The summed E-state index contributed by atoms with van der Waals surface area (Å²) < 4.78 is 51.6. The van der Waals surface area contributed by atoms with Gasteiger partial charge in [-0.1, -0.05) is 13.0 Å². The normalized spacial score (nSPS) is 26.9. The van der Waals surface area contributed by atoms with Crippen molar-refractivity contribution in [3.8, 4) is 0 Å². The van der Waals surface area contributed by atoms with Crippen LogP contribution < -0.4 is 5.32 Å². The highest BCUT2D eigenvalue weighted by Crippen LogP contribution is 2.40. The van der Waals surface area contributed by atoms with Gasteiger partial charge in [-0.25, -0.2) is 4.39 Å². The molecule has 1 aliphatic rings. The van der Waals surface area contributed by atoms with E-state index in [0.717, 1.165) is 18.7 Å². The van der Waals surface area contributed by atoms with Crippen molar-refractivity contribution in [3.63, 3.8) is 0 Å². The van der Waals surface area contributed by atoms with Gasteiger partial charge in [-0.05, 0) is 49.9 Å². The molecule has 1 aromatic carbocycles. The van der Waals surface area contributed by atoms with Gasteiger partial charge in [-0.3, -0.25) is 0 Å². The molecule has 1 fully saturated rings. The molecule has 0 aromatic heterocycles. The van der Waals surface area contributed by atoms with Crippen LogP contribution in [0.5, 0.6) is 0 Å². The monoisotopic (exact) mass is 305 g/mol. The van der Waals surface area contributed by atoms with Crippen molar-refractivity contribution in [1.29, 1.82) is 0 Å². The van der Waals surface area contributed by atoms with Gasteiger partial charge in [-0.2, -0.15) is 13.2 Å². The molecule has 1 aliphatic carbocycles.